The van der Waals surface area contributed by atoms with E-state index < -0.39 is 20.7 Å². The quantitative estimate of drug-likeness (QED) is 0.879. The van der Waals surface area contributed by atoms with Gasteiger partial charge in [0.2, 0.25) is 10.0 Å². The van der Waals surface area contributed by atoms with Crippen LogP contribution in [-0.2, 0) is 10.0 Å². The molecule has 0 radical (unpaired) electrons. The van der Waals surface area contributed by atoms with Crippen molar-refractivity contribution in [2.24, 2.45) is 0 Å². The van der Waals surface area contributed by atoms with Crippen LogP contribution >= 0.6 is 0 Å². The second-order valence-electron chi connectivity index (χ2n) is 4.26. The molecule has 1 N–H and O–H groups in total. The number of para-hydroxylation sites is 1. The molecule has 0 heterocycles. The third kappa shape index (κ3) is 3.85. The van der Waals surface area contributed by atoms with Gasteiger partial charge in [0.15, 0.2) is 0 Å². The van der Waals surface area contributed by atoms with Gasteiger partial charge in [0.05, 0.1) is 19.2 Å². The number of sulfonamides is 1. The number of hydrogen-bond donors (Lipinski definition) is 1. The first-order valence-corrected chi connectivity index (χ1v) is 7.89. The van der Waals surface area contributed by atoms with E-state index in [0.29, 0.717) is 11.3 Å². The van der Waals surface area contributed by atoms with Gasteiger partial charge >= 0.3 is 0 Å². The van der Waals surface area contributed by atoms with Crippen LogP contribution in [-0.4, -0.2) is 22.1 Å². The smallest absolute Gasteiger partial charge is 0.244 e. The van der Waals surface area contributed by atoms with Crippen LogP contribution < -0.4 is 9.46 Å². The summed E-state index contributed by atoms with van der Waals surface area (Å²) in [5.74, 6) is 5.29. The normalized spacial score (nSPS) is 10.6. The van der Waals surface area contributed by atoms with E-state index in [2.05, 4.69) is 16.6 Å². The van der Waals surface area contributed by atoms with Crippen LogP contribution in [0.5, 0.6) is 5.75 Å². The molecule has 0 saturated carbocycles. The average molecular weight is 319 g/mol. The fourth-order valence-electron chi connectivity index (χ4n) is 1.76. The van der Waals surface area contributed by atoms with Crippen LogP contribution in [0, 0.1) is 17.7 Å². The Morgan fingerprint density at radius 3 is 2.55 bits per heavy atom. The lowest BCUT2D eigenvalue weighted by Crippen LogP contribution is -2.24. The van der Waals surface area contributed by atoms with Gasteiger partial charge in [-0.15, -0.1) is 0 Å². The van der Waals surface area contributed by atoms with Gasteiger partial charge in [-0.25, -0.2) is 12.8 Å². The molecular formula is C16H14FNO3S. The van der Waals surface area contributed by atoms with Crippen molar-refractivity contribution >= 4 is 10.0 Å². The summed E-state index contributed by atoms with van der Waals surface area (Å²) >= 11 is 0. The van der Waals surface area contributed by atoms with Gasteiger partial charge in [0.25, 0.3) is 0 Å². The van der Waals surface area contributed by atoms with E-state index >= 15 is 0 Å². The minimum Gasteiger partial charge on any atom is -0.495 e. The third-order valence-electron chi connectivity index (χ3n) is 2.81. The summed E-state index contributed by atoms with van der Waals surface area (Å²) in [4.78, 5) is -0.394. The van der Waals surface area contributed by atoms with Crippen molar-refractivity contribution in [2.75, 3.05) is 13.7 Å². The molecule has 0 fully saturated rings. The van der Waals surface area contributed by atoms with E-state index in [1.165, 1.54) is 25.3 Å². The summed E-state index contributed by atoms with van der Waals surface area (Å²) in [5.41, 5.74) is 0.648. The van der Waals surface area contributed by atoms with E-state index in [0.717, 1.165) is 6.07 Å². The average Bonchev–Trinajstić information content (AvgIpc) is 2.52. The van der Waals surface area contributed by atoms with Gasteiger partial charge in [-0.2, -0.15) is 4.72 Å². The minimum atomic E-state index is -3.92. The van der Waals surface area contributed by atoms with E-state index in [9.17, 15) is 12.8 Å². The molecule has 22 heavy (non-hydrogen) atoms. The first kappa shape index (κ1) is 16.0. The van der Waals surface area contributed by atoms with Crippen LogP contribution in [0.1, 0.15) is 5.56 Å². The van der Waals surface area contributed by atoms with Gasteiger partial charge < -0.3 is 4.74 Å². The van der Waals surface area contributed by atoms with Crippen molar-refractivity contribution < 1.29 is 17.5 Å². The summed E-state index contributed by atoms with van der Waals surface area (Å²) in [6.07, 6.45) is 0. The Balaban J connectivity index is 2.09. The molecule has 0 atom stereocenters. The molecule has 2 rings (SSSR count). The zero-order valence-electron chi connectivity index (χ0n) is 11.8. The number of benzene rings is 2. The molecule has 114 valence electrons. The maximum atomic E-state index is 13.5. The van der Waals surface area contributed by atoms with Crippen LogP contribution in [0.2, 0.25) is 0 Å². The Kier molecular flexibility index (Phi) is 5.15. The van der Waals surface area contributed by atoms with Crippen molar-refractivity contribution in [3.63, 3.8) is 0 Å². The van der Waals surface area contributed by atoms with Gasteiger partial charge in [0, 0.05) is 0 Å². The highest BCUT2D eigenvalue weighted by Crippen LogP contribution is 2.15. The highest BCUT2D eigenvalue weighted by atomic mass is 32.2. The van der Waals surface area contributed by atoms with Crippen molar-refractivity contribution in [3.8, 4) is 17.6 Å². The Labute approximate surface area is 129 Å². The number of hydrogen-bond acceptors (Lipinski definition) is 3. The van der Waals surface area contributed by atoms with Crippen molar-refractivity contribution in [3.05, 3.63) is 59.9 Å². The molecule has 0 saturated heterocycles. The minimum absolute atomic E-state index is 0.130. The van der Waals surface area contributed by atoms with Crippen LogP contribution in [0.3, 0.4) is 0 Å². The largest absolute Gasteiger partial charge is 0.495 e. The highest BCUT2D eigenvalue weighted by Gasteiger charge is 2.16. The lowest BCUT2D eigenvalue weighted by molar-refractivity contribution is 0.413. The van der Waals surface area contributed by atoms with Crippen LogP contribution in [0.15, 0.2) is 53.4 Å². The number of nitrogens with one attached hydrogen (secondary N) is 1. The van der Waals surface area contributed by atoms with E-state index in [4.69, 9.17) is 4.74 Å². The molecule has 0 spiro atoms. The fourth-order valence-corrected chi connectivity index (χ4v) is 2.76. The van der Waals surface area contributed by atoms with E-state index in [1.807, 2.05) is 6.07 Å². The molecule has 2 aromatic rings. The molecule has 2 aromatic carbocycles. The Morgan fingerprint density at radius 2 is 1.82 bits per heavy atom. The molecule has 6 heteroatoms. The lowest BCUT2D eigenvalue weighted by Gasteiger charge is -2.04. The fraction of sp³-hybridized carbons (Fsp3) is 0.125. The molecule has 0 amide bonds. The maximum Gasteiger partial charge on any atom is 0.244 e. The predicted molar refractivity (Wildman–Crippen MR) is 81.5 cm³/mol. The zero-order chi connectivity index (χ0) is 16.0. The van der Waals surface area contributed by atoms with Crippen molar-refractivity contribution in [2.45, 2.75) is 4.90 Å². The topological polar surface area (TPSA) is 55.4 Å². The molecule has 0 aliphatic carbocycles. The van der Waals surface area contributed by atoms with Gasteiger partial charge in [0.1, 0.15) is 16.5 Å². The number of ether oxygens (including phenoxy) is 1. The summed E-state index contributed by atoms with van der Waals surface area (Å²) < 4.78 is 44.8. The highest BCUT2D eigenvalue weighted by molar-refractivity contribution is 7.89. The van der Waals surface area contributed by atoms with Gasteiger partial charge in [-0.3, -0.25) is 0 Å². The predicted octanol–water partition coefficient (Wildman–Crippen LogP) is 2.16. The second kappa shape index (κ2) is 7.07. The Bertz CT molecular complexity index is 823. The molecular weight excluding hydrogens is 305 g/mol. The monoisotopic (exact) mass is 319 g/mol. The van der Waals surface area contributed by atoms with Crippen molar-refractivity contribution in [1.29, 1.82) is 0 Å². The van der Waals surface area contributed by atoms with Crippen LogP contribution in [0.25, 0.3) is 0 Å². The summed E-state index contributed by atoms with van der Waals surface area (Å²) in [7, 11) is -2.39. The zero-order valence-corrected chi connectivity index (χ0v) is 12.7. The molecule has 0 unspecified atom stereocenters. The summed E-state index contributed by atoms with van der Waals surface area (Å²) in [6, 6.07) is 12.3. The molecule has 0 aliphatic rings. The standard InChI is InChI=1S/C16H14FNO3S/c1-21-15-10-4-2-7-13(15)8-6-12-18-22(19,20)16-11-5-3-9-14(16)17/h2-5,7,9-11,18H,12H2,1H3. The van der Waals surface area contributed by atoms with Gasteiger partial charge in [-0.1, -0.05) is 36.1 Å². The molecule has 4 nitrogen and oxygen atoms in total. The van der Waals surface area contributed by atoms with Gasteiger partial charge in [-0.05, 0) is 24.3 Å². The number of halogens is 1. The van der Waals surface area contributed by atoms with Crippen molar-refractivity contribution in [1.82, 2.24) is 4.72 Å². The van der Waals surface area contributed by atoms with Crippen LogP contribution in [0.4, 0.5) is 4.39 Å². The SMILES string of the molecule is COc1ccccc1C#CCNS(=O)(=O)c1ccccc1F. The Morgan fingerprint density at radius 1 is 1.14 bits per heavy atom. The number of methoxy groups -OCH3 is 1. The maximum absolute atomic E-state index is 13.5. The lowest BCUT2D eigenvalue weighted by atomic mass is 10.2. The Hall–Kier alpha value is -2.36. The molecule has 0 aromatic heterocycles. The van der Waals surface area contributed by atoms with E-state index in [-0.39, 0.29) is 6.54 Å². The number of rotatable bonds is 4. The van der Waals surface area contributed by atoms with E-state index in [1.54, 1.807) is 18.2 Å². The molecule has 0 aliphatic heterocycles. The summed E-state index contributed by atoms with van der Waals surface area (Å²) in [6.45, 7) is -0.130. The molecule has 0 bridgehead atoms. The first-order chi connectivity index (χ1) is 10.5. The summed E-state index contributed by atoms with van der Waals surface area (Å²) in [5, 5.41) is 0. The third-order valence-corrected chi connectivity index (χ3v) is 4.24. The second-order valence-corrected chi connectivity index (χ2v) is 5.99. The first-order valence-electron chi connectivity index (χ1n) is 6.40.